The number of benzene rings is 1. The Bertz CT molecular complexity index is 464. The number of nitrogens with zero attached hydrogens (tertiary/aromatic N) is 1. The summed E-state index contributed by atoms with van der Waals surface area (Å²) in [5, 5.41) is 2.74. The van der Waals surface area contributed by atoms with Gasteiger partial charge >= 0.3 is 0 Å². The van der Waals surface area contributed by atoms with Gasteiger partial charge < -0.3 is 5.73 Å². The minimum Gasteiger partial charge on any atom is -0.325 e. The summed E-state index contributed by atoms with van der Waals surface area (Å²) in [5.74, 6) is -0.361. The Kier molecular flexibility index (Phi) is 3.00. The lowest BCUT2D eigenvalue weighted by atomic mass is 10.2. The molecule has 2 aromatic rings. The van der Waals surface area contributed by atoms with Crippen LogP contribution in [0.25, 0.3) is 10.6 Å². The minimum absolute atomic E-state index is 0.350. The Morgan fingerprint density at radius 1 is 1.47 bits per heavy atom. The lowest BCUT2D eigenvalue weighted by Gasteiger charge is -2.00. The second kappa shape index (κ2) is 4.26. The van der Waals surface area contributed by atoms with Crippen molar-refractivity contribution in [2.45, 2.75) is 6.54 Å². The molecule has 2 N–H and O–H groups in total. The van der Waals surface area contributed by atoms with Gasteiger partial charge in [0.2, 0.25) is 0 Å². The van der Waals surface area contributed by atoms with Crippen LogP contribution in [0.4, 0.5) is 4.39 Å². The van der Waals surface area contributed by atoms with E-state index in [0.29, 0.717) is 22.1 Å². The Labute approximate surface area is 95.5 Å². The van der Waals surface area contributed by atoms with E-state index < -0.39 is 0 Å². The summed E-state index contributed by atoms with van der Waals surface area (Å²) < 4.78 is 13.5. The molecule has 2 nitrogen and oxygen atoms in total. The van der Waals surface area contributed by atoms with Crippen molar-refractivity contribution in [1.82, 2.24) is 4.98 Å². The smallest absolute Gasteiger partial charge is 0.134 e. The van der Waals surface area contributed by atoms with Gasteiger partial charge in [0.25, 0.3) is 0 Å². The molecule has 0 aliphatic rings. The summed E-state index contributed by atoms with van der Waals surface area (Å²) in [4.78, 5) is 4.19. The first-order valence-corrected chi connectivity index (χ1v) is 5.57. The fourth-order valence-corrected chi connectivity index (χ4v) is 2.42. The Morgan fingerprint density at radius 2 is 2.27 bits per heavy atom. The molecule has 5 heteroatoms. The van der Waals surface area contributed by atoms with Gasteiger partial charge in [0.1, 0.15) is 10.8 Å². The van der Waals surface area contributed by atoms with E-state index >= 15 is 0 Å². The molecule has 0 saturated carbocycles. The Hall–Kier alpha value is -0.970. The molecule has 0 amide bonds. The van der Waals surface area contributed by atoms with Crippen LogP contribution in [0.2, 0.25) is 5.02 Å². The van der Waals surface area contributed by atoms with Crippen molar-refractivity contribution in [3.8, 4) is 10.6 Å². The molecule has 0 bridgehead atoms. The molecule has 78 valence electrons. The third kappa shape index (κ3) is 2.02. The number of nitrogens with two attached hydrogens (primary N) is 1. The highest BCUT2D eigenvalue weighted by Crippen LogP contribution is 2.32. The second-order valence-electron chi connectivity index (χ2n) is 2.94. The first-order valence-electron chi connectivity index (χ1n) is 4.31. The van der Waals surface area contributed by atoms with E-state index in [1.54, 1.807) is 17.5 Å². The molecule has 0 fully saturated rings. The predicted octanol–water partition coefficient (Wildman–Crippen LogP) is 3.06. The molecule has 1 aromatic carbocycles. The Balaban J connectivity index is 2.53. The average molecular weight is 243 g/mol. The summed E-state index contributed by atoms with van der Waals surface area (Å²) >= 11 is 7.25. The SMILES string of the molecule is NCc1csc(-c2c(F)cccc2Cl)n1. The van der Waals surface area contributed by atoms with Crippen LogP contribution in [0.1, 0.15) is 5.69 Å². The molecule has 0 spiro atoms. The quantitative estimate of drug-likeness (QED) is 0.879. The normalized spacial score (nSPS) is 10.6. The van der Waals surface area contributed by atoms with Gasteiger partial charge in [0, 0.05) is 11.9 Å². The fraction of sp³-hybridized carbons (Fsp3) is 0.100. The van der Waals surface area contributed by atoms with E-state index in [-0.39, 0.29) is 5.82 Å². The maximum atomic E-state index is 13.5. The van der Waals surface area contributed by atoms with Crippen LogP contribution in [0, 0.1) is 5.82 Å². The van der Waals surface area contributed by atoms with Crippen LogP contribution in [0.15, 0.2) is 23.6 Å². The summed E-state index contributed by atoms with van der Waals surface area (Å²) in [7, 11) is 0. The molecule has 1 heterocycles. The standard InChI is InChI=1S/C10H8ClFN2S/c11-7-2-1-3-8(12)9(7)10-14-6(4-13)5-15-10/h1-3,5H,4,13H2. The minimum atomic E-state index is -0.361. The van der Waals surface area contributed by atoms with Crippen LogP contribution in [-0.2, 0) is 6.54 Å². The van der Waals surface area contributed by atoms with Gasteiger partial charge in [-0.1, -0.05) is 17.7 Å². The molecular weight excluding hydrogens is 235 g/mol. The highest BCUT2D eigenvalue weighted by atomic mass is 35.5. The van der Waals surface area contributed by atoms with Crippen molar-refractivity contribution >= 4 is 22.9 Å². The first kappa shape index (κ1) is 10.5. The van der Waals surface area contributed by atoms with Crippen molar-refractivity contribution in [2.75, 3.05) is 0 Å². The highest BCUT2D eigenvalue weighted by molar-refractivity contribution is 7.13. The van der Waals surface area contributed by atoms with E-state index in [0.717, 1.165) is 5.69 Å². The van der Waals surface area contributed by atoms with Crippen LogP contribution >= 0.6 is 22.9 Å². The van der Waals surface area contributed by atoms with Crippen molar-refractivity contribution in [3.63, 3.8) is 0 Å². The van der Waals surface area contributed by atoms with Gasteiger partial charge in [-0.05, 0) is 12.1 Å². The highest BCUT2D eigenvalue weighted by Gasteiger charge is 2.12. The van der Waals surface area contributed by atoms with E-state index in [4.69, 9.17) is 17.3 Å². The maximum absolute atomic E-state index is 13.5. The Morgan fingerprint density at radius 3 is 2.87 bits per heavy atom. The van der Waals surface area contributed by atoms with Crippen molar-refractivity contribution in [1.29, 1.82) is 0 Å². The molecule has 2 rings (SSSR count). The number of aromatic nitrogens is 1. The fourth-order valence-electron chi connectivity index (χ4n) is 1.22. The third-order valence-corrected chi connectivity index (χ3v) is 3.16. The van der Waals surface area contributed by atoms with Gasteiger partial charge in [-0.3, -0.25) is 0 Å². The van der Waals surface area contributed by atoms with Crippen LogP contribution in [0.5, 0.6) is 0 Å². The number of halogens is 2. The van der Waals surface area contributed by atoms with Gasteiger partial charge in [-0.25, -0.2) is 9.37 Å². The second-order valence-corrected chi connectivity index (χ2v) is 4.21. The topological polar surface area (TPSA) is 38.9 Å². The first-order chi connectivity index (χ1) is 7.22. The number of rotatable bonds is 2. The van der Waals surface area contributed by atoms with Crippen molar-refractivity contribution < 1.29 is 4.39 Å². The molecule has 1 aromatic heterocycles. The maximum Gasteiger partial charge on any atom is 0.134 e. The van der Waals surface area contributed by atoms with E-state index in [1.165, 1.54) is 17.4 Å². The van der Waals surface area contributed by atoms with E-state index in [1.807, 2.05) is 0 Å². The van der Waals surface area contributed by atoms with E-state index in [9.17, 15) is 4.39 Å². The van der Waals surface area contributed by atoms with Gasteiger partial charge in [-0.15, -0.1) is 11.3 Å². The molecule has 0 saturated heterocycles. The van der Waals surface area contributed by atoms with E-state index in [2.05, 4.69) is 4.98 Å². The summed E-state index contributed by atoms with van der Waals surface area (Å²) in [6.45, 7) is 0.350. The monoisotopic (exact) mass is 242 g/mol. The van der Waals surface area contributed by atoms with Crippen LogP contribution in [-0.4, -0.2) is 4.98 Å². The van der Waals surface area contributed by atoms with Crippen molar-refractivity contribution in [3.05, 3.63) is 40.1 Å². The number of hydrogen-bond donors (Lipinski definition) is 1. The summed E-state index contributed by atoms with van der Waals surface area (Å²) in [5.41, 5.74) is 6.53. The predicted molar refractivity (Wildman–Crippen MR) is 60.4 cm³/mol. The van der Waals surface area contributed by atoms with Gasteiger partial charge in [0.05, 0.1) is 16.3 Å². The molecule has 15 heavy (non-hydrogen) atoms. The van der Waals surface area contributed by atoms with Crippen LogP contribution in [0.3, 0.4) is 0 Å². The molecule has 0 aliphatic carbocycles. The largest absolute Gasteiger partial charge is 0.325 e. The zero-order valence-corrected chi connectivity index (χ0v) is 9.28. The zero-order chi connectivity index (χ0) is 10.8. The number of hydrogen-bond acceptors (Lipinski definition) is 3. The zero-order valence-electron chi connectivity index (χ0n) is 7.71. The van der Waals surface area contributed by atoms with Crippen molar-refractivity contribution in [2.24, 2.45) is 5.73 Å². The molecule has 0 unspecified atom stereocenters. The van der Waals surface area contributed by atoms with Crippen LogP contribution < -0.4 is 5.73 Å². The molecule has 0 atom stereocenters. The summed E-state index contributed by atoms with van der Waals surface area (Å²) in [6, 6.07) is 4.58. The molecular formula is C10H8ClFN2S. The molecule has 0 aliphatic heterocycles. The lowest BCUT2D eigenvalue weighted by molar-refractivity contribution is 0.631. The lowest BCUT2D eigenvalue weighted by Crippen LogP contribution is -1.96. The summed E-state index contributed by atoms with van der Waals surface area (Å²) in [6.07, 6.45) is 0. The number of thiazole rings is 1. The van der Waals surface area contributed by atoms with Gasteiger partial charge in [0.15, 0.2) is 0 Å². The molecule has 0 radical (unpaired) electrons. The van der Waals surface area contributed by atoms with Gasteiger partial charge in [-0.2, -0.15) is 0 Å². The third-order valence-electron chi connectivity index (χ3n) is 1.94. The average Bonchev–Trinajstić information content (AvgIpc) is 2.66.